The number of nitrogens with zero attached hydrogens (tertiary/aromatic N) is 1. The first-order valence-electron chi connectivity index (χ1n) is 9.62. The summed E-state index contributed by atoms with van der Waals surface area (Å²) < 4.78 is 11.5. The molecule has 25 heavy (non-hydrogen) atoms. The fourth-order valence-electron chi connectivity index (χ4n) is 4.48. The van der Waals surface area contributed by atoms with Gasteiger partial charge in [0.05, 0.1) is 12.5 Å². The monoisotopic (exact) mass is 344 g/mol. The summed E-state index contributed by atoms with van der Waals surface area (Å²) in [4.78, 5) is 15.1. The van der Waals surface area contributed by atoms with Crippen molar-refractivity contribution in [2.75, 3.05) is 39.4 Å². The smallest absolute Gasteiger partial charge is 0.229 e. The Labute approximate surface area is 149 Å². The Hall–Kier alpha value is -1.75. The fourth-order valence-corrected chi connectivity index (χ4v) is 4.48. The Kier molecular flexibility index (Phi) is 4.84. The van der Waals surface area contributed by atoms with Crippen LogP contribution < -0.4 is 14.8 Å². The van der Waals surface area contributed by atoms with E-state index in [0.29, 0.717) is 13.2 Å². The quantitative estimate of drug-likeness (QED) is 0.912. The molecule has 3 aliphatic rings. The van der Waals surface area contributed by atoms with E-state index in [-0.39, 0.29) is 11.8 Å². The lowest BCUT2D eigenvalue weighted by atomic mass is 9.92. The van der Waals surface area contributed by atoms with Crippen molar-refractivity contribution in [1.82, 2.24) is 10.2 Å². The number of hydrogen-bond acceptors (Lipinski definition) is 4. The molecule has 0 radical (unpaired) electrons. The number of benzene rings is 1. The summed E-state index contributed by atoms with van der Waals surface area (Å²) in [5, 5.41) is 3.49. The minimum Gasteiger partial charge on any atom is -0.494 e. The first kappa shape index (κ1) is 16.7. The van der Waals surface area contributed by atoms with Crippen molar-refractivity contribution in [2.24, 2.45) is 17.8 Å². The lowest BCUT2D eigenvalue weighted by Gasteiger charge is -2.30. The van der Waals surface area contributed by atoms with E-state index in [0.717, 1.165) is 74.3 Å². The highest BCUT2D eigenvalue weighted by Gasteiger charge is 2.35. The van der Waals surface area contributed by atoms with Crippen LogP contribution in [-0.4, -0.2) is 50.2 Å². The van der Waals surface area contributed by atoms with Gasteiger partial charge in [0.1, 0.15) is 18.1 Å². The number of fused-ring (bicyclic) bond motifs is 2. The van der Waals surface area contributed by atoms with Crippen molar-refractivity contribution in [1.29, 1.82) is 0 Å². The Morgan fingerprint density at radius 3 is 2.76 bits per heavy atom. The van der Waals surface area contributed by atoms with Crippen LogP contribution in [0.25, 0.3) is 0 Å². The maximum Gasteiger partial charge on any atom is 0.229 e. The van der Waals surface area contributed by atoms with Gasteiger partial charge in [-0.05, 0) is 74.9 Å². The maximum atomic E-state index is 13.0. The number of likely N-dealkylation sites (tertiary alicyclic amines) is 1. The average molecular weight is 344 g/mol. The van der Waals surface area contributed by atoms with E-state index in [9.17, 15) is 4.79 Å². The molecule has 2 fully saturated rings. The van der Waals surface area contributed by atoms with Crippen LogP contribution >= 0.6 is 0 Å². The summed E-state index contributed by atoms with van der Waals surface area (Å²) in [5.74, 6) is 3.43. The Bertz CT molecular complexity index is 619. The van der Waals surface area contributed by atoms with Gasteiger partial charge in [-0.1, -0.05) is 0 Å². The van der Waals surface area contributed by atoms with Crippen molar-refractivity contribution in [2.45, 2.75) is 26.2 Å². The molecule has 3 atom stereocenters. The van der Waals surface area contributed by atoms with Crippen molar-refractivity contribution < 1.29 is 14.3 Å². The average Bonchev–Trinajstić information content (AvgIpc) is 2.99. The lowest BCUT2D eigenvalue weighted by molar-refractivity contribution is -0.136. The number of nitrogens with one attached hydrogen (secondary N) is 1. The normalized spacial score (nSPS) is 28.5. The van der Waals surface area contributed by atoms with Crippen molar-refractivity contribution >= 4 is 5.91 Å². The van der Waals surface area contributed by atoms with Crippen LogP contribution in [0.2, 0.25) is 0 Å². The number of rotatable bonds is 3. The number of amides is 1. The van der Waals surface area contributed by atoms with E-state index in [4.69, 9.17) is 9.47 Å². The second kappa shape index (κ2) is 7.24. The summed E-state index contributed by atoms with van der Waals surface area (Å²) in [6.45, 7) is 7.14. The van der Waals surface area contributed by atoms with Crippen LogP contribution in [0.1, 0.15) is 25.3 Å². The van der Waals surface area contributed by atoms with Crippen molar-refractivity contribution in [3.05, 3.63) is 23.8 Å². The first-order valence-corrected chi connectivity index (χ1v) is 9.62. The summed E-state index contributed by atoms with van der Waals surface area (Å²) in [6.07, 6.45) is 3.00. The summed E-state index contributed by atoms with van der Waals surface area (Å²) in [7, 11) is 0. The Morgan fingerprint density at radius 2 is 2.04 bits per heavy atom. The molecule has 3 aliphatic heterocycles. The van der Waals surface area contributed by atoms with E-state index in [2.05, 4.69) is 10.2 Å². The molecule has 3 heterocycles. The molecule has 1 aromatic rings. The summed E-state index contributed by atoms with van der Waals surface area (Å²) in [6, 6.07) is 5.92. The minimum absolute atomic E-state index is 0.0690. The highest BCUT2D eigenvalue weighted by atomic mass is 16.5. The number of hydrogen-bond donors (Lipinski definition) is 1. The van der Waals surface area contributed by atoms with Gasteiger partial charge in [0, 0.05) is 13.1 Å². The molecule has 136 valence electrons. The van der Waals surface area contributed by atoms with Gasteiger partial charge in [-0.15, -0.1) is 0 Å². The molecule has 4 rings (SSSR count). The van der Waals surface area contributed by atoms with Gasteiger partial charge in [0.2, 0.25) is 5.91 Å². The van der Waals surface area contributed by atoms with Gasteiger partial charge in [0.25, 0.3) is 0 Å². The summed E-state index contributed by atoms with van der Waals surface area (Å²) in [5.41, 5.74) is 1.09. The topological polar surface area (TPSA) is 50.8 Å². The van der Waals surface area contributed by atoms with Gasteiger partial charge in [0.15, 0.2) is 0 Å². The van der Waals surface area contributed by atoms with Crippen molar-refractivity contribution in [3.8, 4) is 11.5 Å². The predicted molar refractivity (Wildman–Crippen MR) is 96.0 cm³/mol. The van der Waals surface area contributed by atoms with E-state index in [1.54, 1.807) is 0 Å². The molecule has 5 heteroatoms. The molecule has 5 nitrogen and oxygen atoms in total. The van der Waals surface area contributed by atoms with E-state index in [1.165, 1.54) is 0 Å². The molecule has 0 aromatic heterocycles. The Balaban J connectivity index is 1.42. The maximum absolute atomic E-state index is 13.0. The zero-order valence-corrected chi connectivity index (χ0v) is 15.0. The molecule has 0 spiro atoms. The second-order valence-electron chi connectivity index (χ2n) is 7.50. The van der Waals surface area contributed by atoms with E-state index >= 15 is 0 Å². The van der Waals surface area contributed by atoms with Gasteiger partial charge in [-0.2, -0.15) is 0 Å². The van der Waals surface area contributed by atoms with Gasteiger partial charge < -0.3 is 19.7 Å². The van der Waals surface area contributed by atoms with Crippen LogP contribution in [-0.2, 0) is 11.2 Å². The molecule has 2 saturated heterocycles. The van der Waals surface area contributed by atoms with Crippen LogP contribution in [0.5, 0.6) is 11.5 Å². The number of carbonyl (C=O) groups excluding carboxylic acids is 1. The third kappa shape index (κ3) is 3.47. The van der Waals surface area contributed by atoms with Gasteiger partial charge in [-0.25, -0.2) is 0 Å². The minimum atomic E-state index is -0.0690. The van der Waals surface area contributed by atoms with Gasteiger partial charge >= 0.3 is 0 Å². The molecule has 0 saturated carbocycles. The third-order valence-electron chi connectivity index (χ3n) is 5.93. The Morgan fingerprint density at radius 1 is 1.28 bits per heavy atom. The standard InChI is InChI=1S/C20H28N2O3/c1-2-24-18-3-4-19-16(10-18)9-17(13-25-19)20(23)22-7-5-14-11-21-12-15(14)6-8-22/h3-4,10,14-15,17,21H,2,5-9,11-13H2,1H3/t14-,15+,17?. The molecule has 0 aliphatic carbocycles. The molecule has 0 bridgehead atoms. The molecular weight excluding hydrogens is 316 g/mol. The lowest BCUT2D eigenvalue weighted by Crippen LogP contribution is -2.41. The fraction of sp³-hybridized carbons (Fsp3) is 0.650. The number of ether oxygens (including phenoxy) is 2. The van der Waals surface area contributed by atoms with E-state index < -0.39 is 0 Å². The van der Waals surface area contributed by atoms with Crippen molar-refractivity contribution in [3.63, 3.8) is 0 Å². The highest BCUT2D eigenvalue weighted by Crippen LogP contribution is 2.33. The highest BCUT2D eigenvalue weighted by molar-refractivity contribution is 5.80. The molecular formula is C20H28N2O3. The zero-order chi connectivity index (χ0) is 17.2. The van der Waals surface area contributed by atoms with Crippen LogP contribution in [0.4, 0.5) is 0 Å². The van der Waals surface area contributed by atoms with Crippen LogP contribution in [0, 0.1) is 17.8 Å². The van der Waals surface area contributed by atoms with Crippen LogP contribution in [0.15, 0.2) is 18.2 Å². The third-order valence-corrected chi connectivity index (χ3v) is 5.93. The SMILES string of the molecule is CCOc1ccc2c(c1)CC(C(=O)N1CC[C@@H]3CNC[C@@H]3CC1)CO2. The largest absolute Gasteiger partial charge is 0.494 e. The zero-order valence-electron chi connectivity index (χ0n) is 15.0. The number of carbonyl (C=O) groups is 1. The molecule has 1 unspecified atom stereocenters. The molecule has 1 amide bonds. The van der Waals surface area contributed by atoms with E-state index in [1.807, 2.05) is 25.1 Å². The van der Waals surface area contributed by atoms with Crippen LogP contribution in [0.3, 0.4) is 0 Å². The molecule has 1 N–H and O–H groups in total. The molecule has 1 aromatic carbocycles. The summed E-state index contributed by atoms with van der Waals surface area (Å²) >= 11 is 0. The first-order chi connectivity index (χ1) is 12.2. The van der Waals surface area contributed by atoms with Gasteiger partial charge in [-0.3, -0.25) is 4.79 Å². The second-order valence-corrected chi connectivity index (χ2v) is 7.50. The predicted octanol–water partition coefficient (Wildman–Crippen LogP) is 2.09.